The Balaban J connectivity index is 1.65. The number of sulfonamides is 1. The lowest BCUT2D eigenvalue weighted by atomic mass is 10.2. The Morgan fingerprint density at radius 2 is 1.84 bits per heavy atom. The van der Waals surface area contributed by atoms with Gasteiger partial charge in [0, 0.05) is 25.8 Å². The number of anilines is 1. The van der Waals surface area contributed by atoms with Crippen LogP contribution in [0, 0.1) is 6.92 Å². The number of carbonyl (C=O) groups is 1. The Morgan fingerprint density at radius 3 is 2.57 bits per heavy atom. The van der Waals surface area contributed by atoms with Crippen LogP contribution >= 0.6 is 11.8 Å². The van der Waals surface area contributed by atoms with Crippen LogP contribution in [0.25, 0.3) is 16.6 Å². The van der Waals surface area contributed by atoms with Crippen molar-refractivity contribution in [3.8, 4) is 11.4 Å². The molecule has 0 radical (unpaired) electrons. The molecule has 4 aromatic rings. The van der Waals surface area contributed by atoms with Crippen LogP contribution in [-0.2, 0) is 14.8 Å². The molecule has 3 aromatic carbocycles. The van der Waals surface area contributed by atoms with Gasteiger partial charge in [0.05, 0.1) is 34.3 Å². The summed E-state index contributed by atoms with van der Waals surface area (Å²) in [4.78, 5) is 31.1. The predicted molar refractivity (Wildman–Crippen MR) is 145 cm³/mol. The number of para-hydroxylation sites is 1. The van der Waals surface area contributed by atoms with Gasteiger partial charge in [0.25, 0.3) is 5.56 Å². The number of amides is 1. The van der Waals surface area contributed by atoms with E-state index in [1.54, 1.807) is 68.6 Å². The minimum absolute atomic E-state index is 0.0567. The summed E-state index contributed by atoms with van der Waals surface area (Å²) in [5, 5.41) is 3.58. The summed E-state index contributed by atoms with van der Waals surface area (Å²) in [6.07, 6.45) is 0. The Kier molecular flexibility index (Phi) is 7.67. The molecule has 9 nitrogen and oxygen atoms in total. The summed E-state index contributed by atoms with van der Waals surface area (Å²) in [6, 6.07) is 18.6. The smallest absolute Gasteiger partial charge is 0.266 e. The van der Waals surface area contributed by atoms with Gasteiger partial charge in [-0.25, -0.2) is 17.7 Å². The van der Waals surface area contributed by atoms with Gasteiger partial charge in [-0.3, -0.25) is 14.2 Å². The first-order valence-electron chi connectivity index (χ1n) is 11.2. The molecule has 0 atom stereocenters. The second-order valence-electron chi connectivity index (χ2n) is 8.35. The highest BCUT2D eigenvalue weighted by Gasteiger charge is 2.19. The zero-order valence-electron chi connectivity index (χ0n) is 20.8. The van der Waals surface area contributed by atoms with Gasteiger partial charge in [0.2, 0.25) is 15.9 Å². The van der Waals surface area contributed by atoms with Crippen LogP contribution in [0.5, 0.6) is 5.75 Å². The molecule has 0 aliphatic rings. The highest BCUT2D eigenvalue weighted by atomic mass is 32.2. The largest absolute Gasteiger partial charge is 0.497 e. The molecule has 1 heterocycles. The van der Waals surface area contributed by atoms with E-state index in [-0.39, 0.29) is 22.1 Å². The summed E-state index contributed by atoms with van der Waals surface area (Å²) in [6.45, 7) is 1.78. The third-order valence-corrected chi connectivity index (χ3v) is 8.40. The van der Waals surface area contributed by atoms with Crippen molar-refractivity contribution in [3.63, 3.8) is 0 Å². The first kappa shape index (κ1) is 26.4. The van der Waals surface area contributed by atoms with Crippen molar-refractivity contribution < 1.29 is 17.9 Å². The second kappa shape index (κ2) is 10.8. The van der Waals surface area contributed by atoms with Crippen molar-refractivity contribution in [2.45, 2.75) is 17.0 Å². The molecule has 0 aliphatic heterocycles. The molecular weight excluding hydrogens is 512 g/mol. The molecule has 37 heavy (non-hydrogen) atoms. The molecular formula is C26H26N4O5S2. The van der Waals surface area contributed by atoms with Crippen molar-refractivity contribution in [2.24, 2.45) is 0 Å². The van der Waals surface area contributed by atoms with Gasteiger partial charge in [-0.15, -0.1) is 0 Å². The number of aromatic nitrogens is 2. The second-order valence-corrected chi connectivity index (χ2v) is 11.4. The number of thioether (sulfide) groups is 1. The average molecular weight is 539 g/mol. The number of rotatable bonds is 8. The summed E-state index contributed by atoms with van der Waals surface area (Å²) in [7, 11) is 0.780. The van der Waals surface area contributed by atoms with E-state index in [0.717, 1.165) is 16.1 Å². The van der Waals surface area contributed by atoms with E-state index in [1.165, 1.54) is 30.8 Å². The van der Waals surface area contributed by atoms with Crippen LogP contribution in [0.4, 0.5) is 5.69 Å². The predicted octanol–water partition coefficient (Wildman–Crippen LogP) is 3.68. The third kappa shape index (κ3) is 5.53. The molecule has 4 rings (SSSR count). The minimum atomic E-state index is -3.66. The van der Waals surface area contributed by atoms with Crippen LogP contribution in [0.15, 0.2) is 81.6 Å². The van der Waals surface area contributed by atoms with Crippen LogP contribution in [0.1, 0.15) is 5.56 Å². The van der Waals surface area contributed by atoms with Crippen molar-refractivity contribution >= 4 is 44.3 Å². The maximum atomic E-state index is 13.4. The number of nitrogens with one attached hydrogen (secondary N) is 1. The normalized spacial score (nSPS) is 11.6. The number of nitrogens with zero attached hydrogens (tertiary/aromatic N) is 3. The van der Waals surface area contributed by atoms with Crippen LogP contribution < -0.4 is 15.6 Å². The van der Waals surface area contributed by atoms with Gasteiger partial charge in [-0.05, 0) is 48.9 Å². The van der Waals surface area contributed by atoms with Gasteiger partial charge in [0.15, 0.2) is 5.16 Å². The van der Waals surface area contributed by atoms with Gasteiger partial charge >= 0.3 is 0 Å². The lowest BCUT2D eigenvalue weighted by Gasteiger charge is -2.15. The number of methoxy groups -OCH3 is 1. The number of fused-ring (bicyclic) bond motifs is 1. The Labute approximate surface area is 219 Å². The van der Waals surface area contributed by atoms with Crippen LogP contribution in [0.3, 0.4) is 0 Å². The molecule has 0 saturated heterocycles. The van der Waals surface area contributed by atoms with Gasteiger partial charge in [0.1, 0.15) is 5.75 Å². The van der Waals surface area contributed by atoms with Crippen molar-refractivity contribution in [3.05, 3.63) is 82.6 Å². The molecule has 1 N–H and O–H groups in total. The molecule has 192 valence electrons. The molecule has 0 saturated carbocycles. The van der Waals surface area contributed by atoms with Gasteiger partial charge in [-0.1, -0.05) is 36.0 Å². The molecule has 0 unspecified atom stereocenters. The fourth-order valence-corrected chi connectivity index (χ4v) is 5.35. The van der Waals surface area contributed by atoms with Gasteiger partial charge in [-0.2, -0.15) is 0 Å². The Hall–Kier alpha value is -3.67. The number of aryl methyl sites for hydroxylation is 1. The first-order chi connectivity index (χ1) is 17.6. The van der Waals surface area contributed by atoms with E-state index >= 15 is 0 Å². The number of benzene rings is 3. The molecule has 1 aromatic heterocycles. The minimum Gasteiger partial charge on any atom is -0.497 e. The van der Waals surface area contributed by atoms with E-state index in [9.17, 15) is 18.0 Å². The topological polar surface area (TPSA) is 111 Å². The average Bonchev–Trinajstić information content (AvgIpc) is 2.88. The molecule has 0 fully saturated rings. The summed E-state index contributed by atoms with van der Waals surface area (Å²) in [5.41, 5.74) is 1.92. The number of hydrogen-bond donors (Lipinski definition) is 1. The Bertz CT molecular complexity index is 1650. The maximum absolute atomic E-state index is 13.4. The quantitative estimate of drug-likeness (QED) is 0.269. The SMILES string of the molecule is COc1cccc(-n2c(SCC(=O)Nc3cc(S(=O)(=O)N(C)C)ccc3C)nc3ccccc3c2=O)c1. The monoisotopic (exact) mass is 538 g/mol. The highest BCUT2D eigenvalue weighted by Crippen LogP contribution is 2.25. The van der Waals surface area contributed by atoms with E-state index in [2.05, 4.69) is 10.3 Å². The fourth-order valence-electron chi connectivity index (χ4n) is 3.61. The lowest BCUT2D eigenvalue weighted by molar-refractivity contribution is -0.113. The van der Waals surface area contributed by atoms with E-state index in [4.69, 9.17) is 4.74 Å². The van der Waals surface area contributed by atoms with E-state index in [1.807, 2.05) is 0 Å². The van der Waals surface area contributed by atoms with E-state index < -0.39 is 10.0 Å². The van der Waals surface area contributed by atoms with Crippen molar-refractivity contribution in [1.29, 1.82) is 0 Å². The summed E-state index contributed by atoms with van der Waals surface area (Å²) >= 11 is 1.10. The molecule has 0 aliphatic carbocycles. The Morgan fingerprint density at radius 1 is 1.08 bits per heavy atom. The first-order valence-corrected chi connectivity index (χ1v) is 13.7. The standard InChI is InChI=1S/C26H26N4O5S2/c1-17-12-13-20(37(33,34)29(2)3)15-23(17)27-24(31)16-36-26-28-22-11-6-5-10-21(22)25(32)30(26)18-8-7-9-19(14-18)35-4/h5-15H,16H2,1-4H3,(H,27,31). The molecule has 11 heteroatoms. The van der Waals surface area contributed by atoms with Gasteiger partial charge < -0.3 is 10.1 Å². The third-order valence-electron chi connectivity index (χ3n) is 5.65. The maximum Gasteiger partial charge on any atom is 0.266 e. The fraction of sp³-hybridized carbons (Fsp3) is 0.192. The zero-order chi connectivity index (χ0) is 26.7. The van der Waals surface area contributed by atoms with Crippen molar-refractivity contribution in [1.82, 2.24) is 13.9 Å². The molecule has 1 amide bonds. The summed E-state index contributed by atoms with van der Waals surface area (Å²) in [5.74, 6) is 0.153. The molecule has 0 bridgehead atoms. The number of carbonyl (C=O) groups excluding carboxylic acids is 1. The lowest BCUT2D eigenvalue weighted by Crippen LogP contribution is -2.23. The van der Waals surface area contributed by atoms with Crippen molar-refractivity contribution in [2.75, 3.05) is 32.3 Å². The number of ether oxygens (including phenoxy) is 1. The van der Waals surface area contributed by atoms with Crippen LogP contribution in [0.2, 0.25) is 0 Å². The van der Waals surface area contributed by atoms with E-state index in [0.29, 0.717) is 38.7 Å². The number of hydrogen-bond acceptors (Lipinski definition) is 7. The van der Waals surface area contributed by atoms with Crippen LogP contribution in [-0.4, -0.2) is 55.1 Å². The molecule has 0 spiro atoms. The summed E-state index contributed by atoms with van der Waals surface area (Å²) < 4.78 is 32.9. The highest BCUT2D eigenvalue weighted by molar-refractivity contribution is 7.99. The zero-order valence-corrected chi connectivity index (χ0v) is 22.4.